The SMILES string of the molecule is CC(=O)N1CCCCCC1Cc1c(C(=O)N(C)CCc2ccccc2)sc2ccccc12. The van der Waals surface area contributed by atoms with Crippen molar-refractivity contribution in [1.82, 2.24) is 9.80 Å². The van der Waals surface area contributed by atoms with Crippen LogP contribution in [0, 0.1) is 0 Å². The van der Waals surface area contributed by atoms with Gasteiger partial charge in [0.05, 0.1) is 4.88 Å². The molecule has 1 fully saturated rings. The van der Waals surface area contributed by atoms with Gasteiger partial charge in [0.25, 0.3) is 5.91 Å². The van der Waals surface area contributed by atoms with Crippen LogP contribution in [0.15, 0.2) is 54.6 Å². The van der Waals surface area contributed by atoms with E-state index in [9.17, 15) is 9.59 Å². The lowest BCUT2D eigenvalue weighted by atomic mass is 9.97. The van der Waals surface area contributed by atoms with Crippen molar-refractivity contribution in [2.24, 2.45) is 0 Å². The quantitative estimate of drug-likeness (QED) is 0.496. The first-order chi connectivity index (χ1) is 15.5. The third-order valence-corrected chi connectivity index (χ3v) is 7.74. The number of carbonyl (C=O) groups excluding carboxylic acids is 2. The fraction of sp³-hybridized carbons (Fsp3) is 0.407. The third-order valence-electron chi connectivity index (χ3n) is 6.54. The highest BCUT2D eigenvalue weighted by atomic mass is 32.1. The monoisotopic (exact) mass is 448 g/mol. The molecule has 32 heavy (non-hydrogen) atoms. The van der Waals surface area contributed by atoms with Gasteiger partial charge in [0.2, 0.25) is 5.91 Å². The lowest BCUT2D eigenvalue weighted by molar-refractivity contribution is -0.131. The molecule has 2 aromatic carbocycles. The van der Waals surface area contributed by atoms with E-state index >= 15 is 0 Å². The number of likely N-dealkylation sites (N-methyl/N-ethyl adjacent to an activating group) is 1. The molecule has 2 amide bonds. The van der Waals surface area contributed by atoms with Crippen LogP contribution in [0.2, 0.25) is 0 Å². The molecule has 1 aliphatic rings. The zero-order valence-corrected chi connectivity index (χ0v) is 19.9. The van der Waals surface area contributed by atoms with Crippen molar-refractivity contribution in [2.75, 3.05) is 20.1 Å². The van der Waals surface area contributed by atoms with Gasteiger partial charge in [-0.2, -0.15) is 0 Å². The minimum atomic E-state index is 0.0835. The molecule has 4 nitrogen and oxygen atoms in total. The van der Waals surface area contributed by atoms with Crippen molar-refractivity contribution >= 4 is 33.2 Å². The smallest absolute Gasteiger partial charge is 0.263 e. The molecule has 0 saturated carbocycles. The molecular weight excluding hydrogens is 416 g/mol. The van der Waals surface area contributed by atoms with Crippen LogP contribution in [-0.2, 0) is 17.6 Å². The standard InChI is InChI=1S/C27H32N2O2S/c1-20(30)29-17-10-4-7-13-22(29)19-24-23-14-8-9-15-25(23)32-26(24)27(31)28(2)18-16-21-11-5-3-6-12-21/h3,5-6,8-9,11-12,14-15,22H,4,7,10,13,16-19H2,1-2H3. The number of amides is 2. The van der Waals surface area contributed by atoms with Crippen LogP contribution in [0.3, 0.4) is 0 Å². The summed E-state index contributed by atoms with van der Waals surface area (Å²) in [7, 11) is 1.90. The molecule has 1 unspecified atom stereocenters. The molecule has 0 bridgehead atoms. The number of rotatable bonds is 6. The molecule has 1 aliphatic heterocycles. The summed E-state index contributed by atoms with van der Waals surface area (Å²) in [6.07, 6.45) is 5.95. The highest BCUT2D eigenvalue weighted by Gasteiger charge is 2.28. The first kappa shape index (κ1) is 22.5. The lowest BCUT2D eigenvalue weighted by Gasteiger charge is -2.29. The summed E-state index contributed by atoms with van der Waals surface area (Å²) in [6, 6.07) is 18.7. The predicted octanol–water partition coefficient (Wildman–Crippen LogP) is 5.55. The van der Waals surface area contributed by atoms with Crippen LogP contribution in [0.25, 0.3) is 10.1 Å². The second-order valence-electron chi connectivity index (χ2n) is 8.79. The van der Waals surface area contributed by atoms with E-state index in [1.54, 1.807) is 18.3 Å². The van der Waals surface area contributed by atoms with Crippen molar-refractivity contribution in [3.8, 4) is 0 Å². The third kappa shape index (κ3) is 5.04. The largest absolute Gasteiger partial charge is 0.341 e. The van der Waals surface area contributed by atoms with Crippen molar-refractivity contribution in [3.63, 3.8) is 0 Å². The van der Waals surface area contributed by atoms with Crippen LogP contribution in [-0.4, -0.2) is 47.8 Å². The summed E-state index contributed by atoms with van der Waals surface area (Å²) >= 11 is 1.59. The molecule has 168 valence electrons. The van der Waals surface area contributed by atoms with Crippen molar-refractivity contribution < 1.29 is 9.59 Å². The summed E-state index contributed by atoms with van der Waals surface area (Å²) in [5.41, 5.74) is 2.35. The summed E-state index contributed by atoms with van der Waals surface area (Å²) in [4.78, 5) is 30.6. The summed E-state index contributed by atoms with van der Waals surface area (Å²) in [5.74, 6) is 0.226. The first-order valence-electron chi connectivity index (χ1n) is 11.6. The molecule has 0 radical (unpaired) electrons. The van der Waals surface area contributed by atoms with Gasteiger partial charge in [-0.1, -0.05) is 61.4 Å². The van der Waals surface area contributed by atoms with Crippen molar-refractivity contribution in [1.29, 1.82) is 0 Å². The second kappa shape index (κ2) is 10.3. The number of thiophene rings is 1. The minimum absolute atomic E-state index is 0.0835. The van der Waals surface area contributed by atoms with E-state index < -0.39 is 0 Å². The Morgan fingerprint density at radius 3 is 2.56 bits per heavy atom. The van der Waals surface area contributed by atoms with E-state index in [2.05, 4.69) is 24.3 Å². The number of benzene rings is 2. The van der Waals surface area contributed by atoms with Gasteiger partial charge in [0.15, 0.2) is 0 Å². The van der Waals surface area contributed by atoms with Gasteiger partial charge in [0, 0.05) is 37.8 Å². The van der Waals surface area contributed by atoms with Crippen molar-refractivity contribution in [2.45, 2.75) is 51.5 Å². The van der Waals surface area contributed by atoms with Crippen molar-refractivity contribution in [3.05, 3.63) is 70.6 Å². The Hall–Kier alpha value is -2.66. The Balaban J connectivity index is 1.60. The van der Waals surface area contributed by atoms with Gasteiger partial charge in [-0.25, -0.2) is 0 Å². The van der Waals surface area contributed by atoms with Gasteiger partial charge in [-0.3, -0.25) is 9.59 Å². The highest BCUT2D eigenvalue weighted by molar-refractivity contribution is 7.21. The minimum Gasteiger partial charge on any atom is -0.341 e. The molecule has 1 aromatic heterocycles. The number of carbonyl (C=O) groups is 2. The molecule has 0 N–H and O–H groups in total. The first-order valence-corrected chi connectivity index (χ1v) is 12.4. The van der Waals surface area contributed by atoms with Gasteiger partial charge in [-0.05, 0) is 48.3 Å². The maximum absolute atomic E-state index is 13.5. The molecule has 0 aliphatic carbocycles. The number of likely N-dealkylation sites (tertiary alicyclic amines) is 1. The summed E-state index contributed by atoms with van der Waals surface area (Å²) in [6.45, 7) is 3.18. The van der Waals surface area contributed by atoms with E-state index in [0.29, 0.717) is 6.54 Å². The van der Waals surface area contributed by atoms with E-state index in [1.807, 2.05) is 47.2 Å². The van der Waals surface area contributed by atoms with Gasteiger partial charge >= 0.3 is 0 Å². The van der Waals surface area contributed by atoms with Gasteiger partial charge in [-0.15, -0.1) is 11.3 Å². The number of nitrogens with zero attached hydrogens (tertiary/aromatic N) is 2. The van der Waals surface area contributed by atoms with Crippen LogP contribution in [0.4, 0.5) is 0 Å². The fourth-order valence-corrected chi connectivity index (χ4v) is 5.96. The van der Waals surface area contributed by atoms with E-state index in [4.69, 9.17) is 0 Å². The fourth-order valence-electron chi connectivity index (χ4n) is 4.73. The Morgan fingerprint density at radius 1 is 1.03 bits per heavy atom. The second-order valence-corrected chi connectivity index (χ2v) is 9.84. The zero-order valence-electron chi connectivity index (χ0n) is 19.0. The topological polar surface area (TPSA) is 40.6 Å². The Bertz CT molecular complexity index is 1080. The molecule has 1 atom stereocenters. The molecule has 5 heteroatoms. The Morgan fingerprint density at radius 2 is 1.78 bits per heavy atom. The average Bonchev–Trinajstić information content (AvgIpc) is 2.99. The van der Waals surface area contributed by atoms with Crippen LogP contribution in [0.5, 0.6) is 0 Å². The maximum Gasteiger partial charge on any atom is 0.263 e. The number of hydrogen-bond donors (Lipinski definition) is 0. The van der Waals surface area contributed by atoms with E-state index in [-0.39, 0.29) is 17.9 Å². The van der Waals surface area contributed by atoms with E-state index in [0.717, 1.165) is 59.2 Å². The van der Waals surface area contributed by atoms with E-state index in [1.165, 1.54) is 12.0 Å². The van der Waals surface area contributed by atoms with Crippen LogP contribution in [0.1, 0.15) is 53.4 Å². The highest BCUT2D eigenvalue weighted by Crippen LogP contribution is 2.35. The molecular formula is C27H32N2O2S. The van der Waals surface area contributed by atoms with Crippen LogP contribution < -0.4 is 0 Å². The number of fused-ring (bicyclic) bond motifs is 1. The zero-order chi connectivity index (χ0) is 22.5. The Kier molecular flexibility index (Phi) is 7.26. The van der Waals surface area contributed by atoms with Gasteiger partial charge in [0.1, 0.15) is 0 Å². The molecule has 4 rings (SSSR count). The normalized spacial score (nSPS) is 16.7. The molecule has 1 saturated heterocycles. The summed E-state index contributed by atoms with van der Waals surface area (Å²) in [5, 5.41) is 1.16. The molecule has 0 spiro atoms. The molecule has 3 aromatic rings. The summed E-state index contributed by atoms with van der Waals surface area (Å²) < 4.78 is 1.14. The van der Waals surface area contributed by atoms with Gasteiger partial charge < -0.3 is 9.80 Å². The Labute approximate surface area is 194 Å². The molecule has 2 heterocycles. The number of hydrogen-bond acceptors (Lipinski definition) is 3. The van der Waals surface area contributed by atoms with Crippen LogP contribution >= 0.6 is 11.3 Å². The lowest BCUT2D eigenvalue weighted by Crippen LogP contribution is -2.40. The predicted molar refractivity (Wildman–Crippen MR) is 132 cm³/mol. The average molecular weight is 449 g/mol. The maximum atomic E-state index is 13.5.